The Morgan fingerprint density at radius 1 is 1.55 bits per heavy atom. The molecule has 3 nitrogen and oxygen atoms in total. The number of nitrogens with zero attached hydrogens (tertiary/aromatic N) is 2. The molecule has 0 fully saturated rings. The van der Waals surface area contributed by atoms with E-state index >= 15 is 0 Å². The van der Waals surface area contributed by atoms with Gasteiger partial charge in [-0.25, -0.2) is 4.98 Å². The number of hydrogen-bond acceptors (Lipinski definition) is 3. The second-order valence-electron chi connectivity index (χ2n) is 1.83. The second kappa shape index (κ2) is 3.23. The molecule has 1 heterocycles. The SMILES string of the molecule is Cc1cc(OC(F)F)n[c]n1. The van der Waals surface area contributed by atoms with Gasteiger partial charge in [-0.3, -0.25) is 0 Å². The number of rotatable bonds is 2. The van der Waals surface area contributed by atoms with E-state index < -0.39 is 6.61 Å². The van der Waals surface area contributed by atoms with Crippen molar-refractivity contribution in [2.75, 3.05) is 0 Å². The van der Waals surface area contributed by atoms with Gasteiger partial charge in [0.15, 0.2) is 0 Å². The lowest BCUT2D eigenvalue weighted by atomic mass is 10.4. The minimum Gasteiger partial charge on any atom is -0.417 e. The highest BCUT2D eigenvalue weighted by Crippen LogP contribution is 2.08. The highest BCUT2D eigenvalue weighted by Gasteiger charge is 2.04. The number of ether oxygens (including phenoxy) is 1. The van der Waals surface area contributed by atoms with Crippen molar-refractivity contribution in [3.63, 3.8) is 0 Å². The Bertz CT molecular complexity index is 242. The van der Waals surface area contributed by atoms with Gasteiger partial charge in [-0.15, -0.1) is 0 Å². The van der Waals surface area contributed by atoms with Crippen LogP contribution in [0, 0.1) is 13.3 Å². The predicted molar refractivity (Wildman–Crippen MR) is 32.2 cm³/mol. The fourth-order valence-corrected chi connectivity index (χ4v) is 0.548. The molecule has 0 unspecified atom stereocenters. The molecule has 1 aromatic heterocycles. The van der Waals surface area contributed by atoms with Crippen LogP contribution in [0.25, 0.3) is 0 Å². The van der Waals surface area contributed by atoms with Crippen LogP contribution in [0.1, 0.15) is 5.69 Å². The third-order valence-electron chi connectivity index (χ3n) is 0.929. The van der Waals surface area contributed by atoms with Crippen LogP contribution in [0.15, 0.2) is 6.07 Å². The quantitative estimate of drug-likeness (QED) is 0.650. The average Bonchev–Trinajstić information content (AvgIpc) is 1.85. The van der Waals surface area contributed by atoms with Crippen molar-refractivity contribution in [1.82, 2.24) is 9.97 Å². The van der Waals surface area contributed by atoms with E-state index in [2.05, 4.69) is 21.0 Å². The summed E-state index contributed by atoms with van der Waals surface area (Å²) in [6.07, 6.45) is 2.18. The Hall–Kier alpha value is -1.26. The molecular formula is C6H5F2N2O. The largest absolute Gasteiger partial charge is 0.417 e. The van der Waals surface area contributed by atoms with E-state index in [1.807, 2.05) is 0 Å². The highest BCUT2D eigenvalue weighted by atomic mass is 19.3. The van der Waals surface area contributed by atoms with Crippen molar-refractivity contribution in [3.8, 4) is 5.88 Å². The Labute approximate surface area is 62.0 Å². The number of halogens is 2. The van der Waals surface area contributed by atoms with Crippen molar-refractivity contribution in [2.45, 2.75) is 13.5 Å². The van der Waals surface area contributed by atoms with Gasteiger partial charge in [-0.2, -0.15) is 13.8 Å². The van der Waals surface area contributed by atoms with Gasteiger partial charge in [-0.05, 0) is 6.92 Å². The smallest absolute Gasteiger partial charge is 0.388 e. The molecule has 0 N–H and O–H groups in total. The molecule has 0 aliphatic heterocycles. The van der Waals surface area contributed by atoms with E-state index in [0.717, 1.165) is 0 Å². The summed E-state index contributed by atoms with van der Waals surface area (Å²) in [6, 6.07) is 1.31. The molecule has 1 radical (unpaired) electrons. The fraction of sp³-hybridized carbons (Fsp3) is 0.333. The molecule has 0 saturated heterocycles. The second-order valence-corrected chi connectivity index (χ2v) is 1.83. The summed E-state index contributed by atoms with van der Waals surface area (Å²) in [5, 5.41) is 0. The van der Waals surface area contributed by atoms with Crippen molar-refractivity contribution >= 4 is 0 Å². The molecule has 11 heavy (non-hydrogen) atoms. The standard InChI is InChI=1S/C6H5F2N2O/c1-4-2-5(10-3-9-4)11-6(7)8/h2,6H,1H3. The minimum atomic E-state index is -2.85. The lowest BCUT2D eigenvalue weighted by Crippen LogP contribution is -2.03. The zero-order chi connectivity index (χ0) is 8.27. The molecule has 0 aliphatic carbocycles. The first-order valence-corrected chi connectivity index (χ1v) is 2.85. The van der Waals surface area contributed by atoms with Gasteiger partial charge >= 0.3 is 6.61 Å². The maximum absolute atomic E-state index is 11.6. The van der Waals surface area contributed by atoms with Crippen LogP contribution in [0.5, 0.6) is 5.88 Å². The van der Waals surface area contributed by atoms with Gasteiger partial charge < -0.3 is 4.74 Å². The molecule has 5 heteroatoms. The van der Waals surface area contributed by atoms with E-state index in [1.165, 1.54) is 6.07 Å². The van der Waals surface area contributed by atoms with Gasteiger partial charge in [-0.1, -0.05) is 0 Å². The van der Waals surface area contributed by atoms with E-state index in [1.54, 1.807) is 6.92 Å². The number of hydrogen-bond donors (Lipinski definition) is 0. The Morgan fingerprint density at radius 2 is 2.27 bits per heavy atom. The summed E-state index contributed by atoms with van der Waals surface area (Å²) >= 11 is 0. The first-order chi connectivity index (χ1) is 5.18. The first kappa shape index (κ1) is 7.84. The third kappa shape index (κ3) is 2.45. The molecule has 1 aromatic rings. The normalized spacial score (nSPS) is 10.2. The molecule has 0 amide bonds. The van der Waals surface area contributed by atoms with E-state index in [0.29, 0.717) is 5.69 Å². The van der Waals surface area contributed by atoms with Crippen LogP contribution in [0.3, 0.4) is 0 Å². The monoisotopic (exact) mass is 159 g/mol. The summed E-state index contributed by atoms with van der Waals surface area (Å²) in [5.41, 5.74) is 0.538. The highest BCUT2D eigenvalue weighted by molar-refractivity contribution is 5.11. The number of alkyl halides is 2. The molecule has 0 bridgehead atoms. The van der Waals surface area contributed by atoms with Gasteiger partial charge in [0.05, 0.1) is 0 Å². The van der Waals surface area contributed by atoms with Gasteiger partial charge in [0, 0.05) is 11.8 Å². The van der Waals surface area contributed by atoms with E-state index in [4.69, 9.17) is 0 Å². The molecule has 1 rings (SSSR count). The van der Waals surface area contributed by atoms with Gasteiger partial charge in [0.25, 0.3) is 0 Å². The molecule has 0 aromatic carbocycles. The lowest BCUT2D eigenvalue weighted by Gasteiger charge is -2.01. The van der Waals surface area contributed by atoms with Crippen molar-refractivity contribution in [2.24, 2.45) is 0 Å². The Balaban J connectivity index is 2.71. The van der Waals surface area contributed by atoms with E-state index in [-0.39, 0.29) is 5.88 Å². The maximum Gasteiger partial charge on any atom is 0.388 e. The van der Waals surface area contributed by atoms with Crippen LogP contribution in [-0.2, 0) is 0 Å². The van der Waals surface area contributed by atoms with Crippen LogP contribution >= 0.6 is 0 Å². The Kier molecular flexibility index (Phi) is 2.30. The molecule has 0 spiro atoms. The topological polar surface area (TPSA) is 35.0 Å². The predicted octanol–water partition coefficient (Wildman–Crippen LogP) is 1.19. The molecule has 0 atom stereocenters. The van der Waals surface area contributed by atoms with Crippen LogP contribution < -0.4 is 4.74 Å². The maximum atomic E-state index is 11.6. The van der Waals surface area contributed by atoms with Crippen molar-refractivity contribution in [1.29, 1.82) is 0 Å². The van der Waals surface area contributed by atoms with Crippen molar-refractivity contribution < 1.29 is 13.5 Å². The van der Waals surface area contributed by atoms with Gasteiger partial charge in [0.1, 0.15) is 0 Å². The van der Waals surface area contributed by atoms with Crippen molar-refractivity contribution in [3.05, 3.63) is 18.1 Å². The summed E-state index contributed by atoms with van der Waals surface area (Å²) in [5.74, 6) is -0.160. The first-order valence-electron chi connectivity index (χ1n) is 2.85. The number of aryl methyl sites for hydroxylation is 1. The summed E-state index contributed by atoms with van der Waals surface area (Å²) < 4.78 is 27.1. The summed E-state index contributed by atoms with van der Waals surface area (Å²) in [6.45, 7) is -1.21. The minimum absolute atomic E-state index is 0.160. The average molecular weight is 159 g/mol. The molecule has 0 saturated carbocycles. The molecule has 0 aliphatic rings. The van der Waals surface area contributed by atoms with Crippen LogP contribution in [-0.4, -0.2) is 16.6 Å². The Morgan fingerprint density at radius 3 is 2.82 bits per heavy atom. The number of aromatic nitrogens is 2. The van der Waals surface area contributed by atoms with Crippen LogP contribution in [0.4, 0.5) is 8.78 Å². The summed E-state index contributed by atoms with van der Waals surface area (Å²) in [7, 11) is 0. The lowest BCUT2D eigenvalue weighted by molar-refractivity contribution is -0.0530. The van der Waals surface area contributed by atoms with Crippen LogP contribution in [0.2, 0.25) is 0 Å². The molecular weight excluding hydrogens is 154 g/mol. The zero-order valence-electron chi connectivity index (χ0n) is 5.71. The molecule has 59 valence electrons. The van der Waals surface area contributed by atoms with Gasteiger partial charge in [0.2, 0.25) is 12.2 Å². The fourth-order valence-electron chi connectivity index (χ4n) is 0.548. The van der Waals surface area contributed by atoms with E-state index in [9.17, 15) is 8.78 Å². The third-order valence-corrected chi connectivity index (χ3v) is 0.929. The zero-order valence-corrected chi connectivity index (χ0v) is 5.71. The summed E-state index contributed by atoms with van der Waals surface area (Å²) in [4.78, 5) is 6.93.